The third-order valence-electron chi connectivity index (χ3n) is 3.75. The maximum Gasteiger partial charge on any atom is 0.514 e. The maximum absolute atomic E-state index is 12.2. The molecule has 0 aliphatic rings. The van der Waals surface area contributed by atoms with Gasteiger partial charge < -0.3 is 9.47 Å². The van der Waals surface area contributed by atoms with E-state index in [1.807, 2.05) is 50.2 Å². The number of hydrogen-bond donors (Lipinski definition) is 0. The Kier molecular flexibility index (Phi) is 4.68. The standard InChI is InChI=1S/C20H23N3O3/c1-6-14-11-13(2)12-17(18(14)25-19(24)26-20(3,4)5)23-21-15-9-7-8-10-16(15)22-23/h7-12H,6H2,1-5H3. The Balaban J connectivity index is 2.08. The number of fused-ring (bicyclic) bond motifs is 1. The van der Waals surface area contributed by atoms with Crippen LogP contribution in [0.3, 0.4) is 0 Å². The zero-order valence-electron chi connectivity index (χ0n) is 15.7. The molecule has 0 N–H and O–H groups in total. The Bertz CT molecular complexity index is 922. The molecule has 0 atom stereocenters. The summed E-state index contributed by atoms with van der Waals surface area (Å²) in [6, 6.07) is 11.5. The van der Waals surface area contributed by atoms with Crippen LogP contribution in [0, 0.1) is 6.92 Å². The number of aryl methyl sites for hydroxylation is 2. The monoisotopic (exact) mass is 353 g/mol. The predicted octanol–water partition coefficient (Wildman–Crippen LogP) is 4.61. The molecule has 2 aromatic carbocycles. The van der Waals surface area contributed by atoms with E-state index in [1.54, 1.807) is 20.8 Å². The van der Waals surface area contributed by atoms with Crippen molar-refractivity contribution in [3.05, 3.63) is 47.5 Å². The van der Waals surface area contributed by atoms with Gasteiger partial charge in [0.25, 0.3) is 0 Å². The van der Waals surface area contributed by atoms with Gasteiger partial charge >= 0.3 is 6.16 Å². The molecule has 0 aliphatic heterocycles. The van der Waals surface area contributed by atoms with Gasteiger partial charge in [0.05, 0.1) is 0 Å². The molecule has 0 bridgehead atoms. The van der Waals surface area contributed by atoms with Crippen LogP contribution in [0.1, 0.15) is 38.8 Å². The summed E-state index contributed by atoms with van der Waals surface area (Å²) < 4.78 is 10.9. The normalized spacial score (nSPS) is 11.6. The van der Waals surface area contributed by atoms with Gasteiger partial charge in [0, 0.05) is 0 Å². The van der Waals surface area contributed by atoms with Crippen LogP contribution in [0.2, 0.25) is 0 Å². The summed E-state index contributed by atoms with van der Waals surface area (Å²) in [6.07, 6.45) is -0.0397. The minimum Gasteiger partial charge on any atom is -0.428 e. The van der Waals surface area contributed by atoms with Crippen molar-refractivity contribution in [2.75, 3.05) is 0 Å². The number of ether oxygens (including phenoxy) is 2. The molecule has 3 aromatic rings. The number of rotatable bonds is 3. The van der Waals surface area contributed by atoms with E-state index in [0.717, 1.165) is 22.2 Å². The van der Waals surface area contributed by atoms with Crippen LogP contribution in [0.25, 0.3) is 16.7 Å². The SMILES string of the molecule is CCc1cc(C)cc(-n2nc3ccccc3n2)c1OC(=O)OC(C)(C)C. The molecule has 0 saturated carbocycles. The molecular weight excluding hydrogens is 330 g/mol. The Labute approximate surface area is 152 Å². The summed E-state index contributed by atoms with van der Waals surface area (Å²) in [5.41, 5.74) is 3.46. The number of aromatic nitrogens is 3. The van der Waals surface area contributed by atoms with Crippen molar-refractivity contribution in [3.8, 4) is 11.4 Å². The zero-order valence-corrected chi connectivity index (χ0v) is 15.7. The first-order valence-electron chi connectivity index (χ1n) is 8.63. The third kappa shape index (κ3) is 3.85. The second kappa shape index (κ2) is 6.78. The first kappa shape index (κ1) is 17.9. The van der Waals surface area contributed by atoms with Gasteiger partial charge in [-0.2, -0.15) is 0 Å². The fourth-order valence-corrected chi connectivity index (χ4v) is 2.68. The van der Waals surface area contributed by atoms with E-state index >= 15 is 0 Å². The van der Waals surface area contributed by atoms with E-state index in [9.17, 15) is 4.79 Å². The zero-order chi connectivity index (χ0) is 18.9. The van der Waals surface area contributed by atoms with Crippen LogP contribution in [0.5, 0.6) is 5.75 Å². The first-order chi connectivity index (χ1) is 12.3. The summed E-state index contributed by atoms with van der Waals surface area (Å²) >= 11 is 0. The van der Waals surface area contributed by atoms with Crippen LogP contribution < -0.4 is 4.74 Å². The minimum atomic E-state index is -0.742. The average Bonchev–Trinajstić information content (AvgIpc) is 2.98. The lowest BCUT2D eigenvalue weighted by Gasteiger charge is -2.20. The van der Waals surface area contributed by atoms with Crippen molar-refractivity contribution in [2.45, 2.75) is 46.6 Å². The number of nitrogens with zero attached hydrogens (tertiary/aromatic N) is 3. The Morgan fingerprint density at radius 2 is 1.73 bits per heavy atom. The molecule has 0 saturated heterocycles. The molecule has 6 heteroatoms. The van der Waals surface area contributed by atoms with Gasteiger partial charge in [-0.05, 0) is 63.4 Å². The van der Waals surface area contributed by atoms with Crippen molar-refractivity contribution in [2.24, 2.45) is 0 Å². The largest absolute Gasteiger partial charge is 0.514 e. The summed E-state index contributed by atoms with van der Waals surface area (Å²) in [5.74, 6) is 0.424. The molecule has 136 valence electrons. The van der Waals surface area contributed by atoms with Crippen LogP contribution in [-0.4, -0.2) is 26.8 Å². The molecule has 0 fully saturated rings. The summed E-state index contributed by atoms with van der Waals surface area (Å²) in [5, 5.41) is 9.03. The van der Waals surface area contributed by atoms with Crippen LogP contribution in [-0.2, 0) is 11.2 Å². The fraction of sp³-hybridized carbons (Fsp3) is 0.350. The highest BCUT2D eigenvalue weighted by atomic mass is 16.7. The highest BCUT2D eigenvalue weighted by Crippen LogP contribution is 2.30. The van der Waals surface area contributed by atoms with Gasteiger partial charge in [-0.3, -0.25) is 0 Å². The number of carbonyl (C=O) groups excluding carboxylic acids is 1. The van der Waals surface area contributed by atoms with Gasteiger partial charge in [0.1, 0.15) is 22.3 Å². The Morgan fingerprint density at radius 1 is 1.12 bits per heavy atom. The highest BCUT2D eigenvalue weighted by molar-refractivity contribution is 5.74. The quantitative estimate of drug-likeness (QED) is 0.508. The average molecular weight is 353 g/mol. The molecule has 6 nitrogen and oxygen atoms in total. The Hall–Kier alpha value is -2.89. The van der Waals surface area contributed by atoms with Crippen molar-refractivity contribution in [1.29, 1.82) is 0 Å². The van der Waals surface area contributed by atoms with Crippen LogP contribution >= 0.6 is 0 Å². The molecule has 26 heavy (non-hydrogen) atoms. The lowest BCUT2D eigenvalue weighted by molar-refractivity contribution is 0.0204. The van der Waals surface area contributed by atoms with E-state index < -0.39 is 11.8 Å². The molecular formula is C20H23N3O3. The molecule has 0 unspecified atom stereocenters. The maximum atomic E-state index is 12.2. The van der Waals surface area contributed by atoms with Gasteiger partial charge in [0.2, 0.25) is 0 Å². The van der Waals surface area contributed by atoms with Gasteiger partial charge in [-0.1, -0.05) is 25.1 Å². The Morgan fingerprint density at radius 3 is 2.27 bits per heavy atom. The smallest absolute Gasteiger partial charge is 0.428 e. The van der Waals surface area contributed by atoms with Crippen LogP contribution in [0.15, 0.2) is 36.4 Å². The lowest BCUT2D eigenvalue weighted by atomic mass is 10.1. The minimum absolute atomic E-state index is 0.424. The fourth-order valence-electron chi connectivity index (χ4n) is 2.68. The second-order valence-corrected chi connectivity index (χ2v) is 7.17. The molecule has 0 spiro atoms. The van der Waals surface area contributed by atoms with Crippen molar-refractivity contribution >= 4 is 17.2 Å². The number of carbonyl (C=O) groups is 1. The summed E-state index contributed by atoms with van der Waals surface area (Å²) in [7, 11) is 0. The van der Waals surface area contributed by atoms with E-state index in [1.165, 1.54) is 4.80 Å². The van der Waals surface area contributed by atoms with E-state index in [4.69, 9.17) is 9.47 Å². The van der Waals surface area contributed by atoms with Crippen molar-refractivity contribution in [3.63, 3.8) is 0 Å². The molecule has 1 heterocycles. The van der Waals surface area contributed by atoms with E-state index in [-0.39, 0.29) is 0 Å². The molecule has 0 radical (unpaired) electrons. The highest BCUT2D eigenvalue weighted by Gasteiger charge is 2.22. The van der Waals surface area contributed by atoms with Gasteiger partial charge in [0.15, 0.2) is 5.75 Å². The van der Waals surface area contributed by atoms with Crippen LogP contribution in [0.4, 0.5) is 4.79 Å². The topological polar surface area (TPSA) is 66.2 Å². The van der Waals surface area contributed by atoms with Crippen molar-refractivity contribution < 1.29 is 14.3 Å². The second-order valence-electron chi connectivity index (χ2n) is 7.17. The third-order valence-corrected chi connectivity index (χ3v) is 3.75. The predicted molar refractivity (Wildman–Crippen MR) is 99.8 cm³/mol. The van der Waals surface area contributed by atoms with Crippen molar-refractivity contribution in [1.82, 2.24) is 15.0 Å². The number of benzene rings is 2. The summed E-state index contributed by atoms with van der Waals surface area (Å²) in [6.45, 7) is 9.39. The lowest BCUT2D eigenvalue weighted by Crippen LogP contribution is -2.26. The molecule has 3 rings (SSSR count). The van der Waals surface area contributed by atoms with Gasteiger partial charge in [-0.25, -0.2) is 4.79 Å². The number of hydrogen-bond acceptors (Lipinski definition) is 5. The molecule has 0 amide bonds. The molecule has 1 aromatic heterocycles. The molecule has 0 aliphatic carbocycles. The first-order valence-corrected chi connectivity index (χ1v) is 8.63. The van der Waals surface area contributed by atoms with Gasteiger partial charge in [-0.15, -0.1) is 15.0 Å². The van der Waals surface area contributed by atoms with E-state index in [0.29, 0.717) is 17.9 Å². The summed E-state index contributed by atoms with van der Waals surface area (Å²) in [4.78, 5) is 13.8. The van der Waals surface area contributed by atoms with E-state index in [2.05, 4.69) is 10.2 Å².